The van der Waals surface area contributed by atoms with Crippen LogP contribution in [-0.4, -0.2) is 75.9 Å². The summed E-state index contributed by atoms with van der Waals surface area (Å²) < 4.78 is 54.0. The van der Waals surface area contributed by atoms with Crippen LogP contribution >= 0.6 is 11.6 Å². The van der Waals surface area contributed by atoms with Crippen LogP contribution in [0, 0.1) is 0 Å². The van der Waals surface area contributed by atoms with Crippen molar-refractivity contribution in [2.75, 3.05) is 23.4 Å². The van der Waals surface area contributed by atoms with Gasteiger partial charge in [0.05, 0.1) is 41.5 Å². The molecule has 0 radical (unpaired) electrons. The van der Waals surface area contributed by atoms with Crippen LogP contribution in [-0.2, 0) is 26.2 Å². The van der Waals surface area contributed by atoms with E-state index in [0.29, 0.717) is 0 Å². The molecule has 18 heteroatoms. The van der Waals surface area contributed by atoms with Crippen LogP contribution in [0.4, 0.5) is 34.5 Å². The number of aliphatic hydroxyl groups excluding tert-OH is 2. The number of hydroxylamine groups is 1. The molecule has 4 heterocycles. The molecule has 14 nitrogen and oxygen atoms in total. The number of halogens is 4. The molecule has 6 N–H and O–H groups in total. The van der Waals surface area contributed by atoms with Crippen molar-refractivity contribution in [2.45, 2.75) is 69.2 Å². The summed E-state index contributed by atoms with van der Waals surface area (Å²) in [6, 6.07) is 1.53. The zero-order valence-corrected chi connectivity index (χ0v) is 23.7. The number of carbonyl (C=O) groups excluding carboxylic acids is 2. The summed E-state index contributed by atoms with van der Waals surface area (Å²) in [4.78, 5) is 39.1. The number of rotatable bonds is 8. The Bertz CT molecular complexity index is 1400. The molecule has 0 saturated carbocycles. The molecule has 3 saturated heterocycles. The van der Waals surface area contributed by atoms with Crippen molar-refractivity contribution in [3.63, 3.8) is 0 Å². The van der Waals surface area contributed by atoms with Crippen LogP contribution in [0.5, 0.6) is 0 Å². The summed E-state index contributed by atoms with van der Waals surface area (Å²) in [5.41, 5.74) is -1.13. The molecule has 43 heavy (non-hydrogen) atoms. The Morgan fingerprint density at radius 1 is 1.16 bits per heavy atom. The van der Waals surface area contributed by atoms with Gasteiger partial charge >= 0.3 is 18.4 Å². The summed E-state index contributed by atoms with van der Waals surface area (Å²) in [7, 11) is 0. The maximum atomic E-state index is 14.5. The average molecular weight is 632 g/mol. The van der Waals surface area contributed by atoms with Gasteiger partial charge in [-0.2, -0.15) is 18.2 Å². The van der Waals surface area contributed by atoms with E-state index in [0.717, 1.165) is 4.90 Å². The average Bonchev–Trinajstić information content (AvgIpc) is 3.67. The van der Waals surface area contributed by atoms with Gasteiger partial charge in [0.2, 0.25) is 5.95 Å². The van der Waals surface area contributed by atoms with Crippen molar-refractivity contribution in [2.24, 2.45) is 0 Å². The maximum absolute atomic E-state index is 14.5. The fourth-order valence-corrected chi connectivity index (χ4v) is 5.58. The predicted molar refractivity (Wildman–Crippen MR) is 143 cm³/mol. The topological polar surface area (TPSA) is 179 Å². The monoisotopic (exact) mass is 631 g/mol. The van der Waals surface area contributed by atoms with Crippen molar-refractivity contribution in [1.29, 1.82) is 0 Å². The lowest BCUT2D eigenvalue weighted by atomic mass is 9.89. The lowest BCUT2D eigenvalue weighted by Crippen LogP contribution is -2.57. The Labute approximate surface area is 247 Å². The molecular weight excluding hydrogens is 603 g/mol. The van der Waals surface area contributed by atoms with Crippen LogP contribution < -0.4 is 26.3 Å². The number of ether oxygens (including phenoxy) is 2. The number of aliphatic hydroxyl groups is 2. The second-order valence-electron chi connectivity index (χ2n) is 10.4. The highest BCUT2D eigenvalue weighted by Gasteiger charge is 2.51. The normalized spacial score (nSPS) is 27.8. The summed E-state index contributed by atoms with van der Waals surface area (Å²) >= 11 is 6.47. The Hall–Kier alpha value is -3.48. The molecule has 2 aromatic rings. The zero-order chi connectivity index (χ0) is 31.3. The molecule has 3 aliphatic rings. The first kappa shape index (κ1) is 31.0. The van der Waals surface area contributed by atoms with E-state index in [2.05, 4.69) is 31.4 Å². The van der Waals surface area contributed by atoms with Gasteiger partial charge in [-0.25, -0.2) is 14.6 Å². The minimum atomic E-state index is -4.94. The minimum absolute atomic E-state index is 0.0263. The summed E-state index contributed by atoms with van der Waals surface area (Å²) in [5.74, 6) is 0.0148. The van der Waals surface area contributed by atoms with E-state index in [4.69, 9.17) is 25.9 Å². The van der Waals surface area contributed by atoms with E-state index in [1.165, 1.54) is 45.2 Å². The highest BCUT2D eigenvalue weighted by Crippen LogP contribution is 2.45. The van der Waals surface area contributed by atoms with E-state index in [1.807, 2.05) is 0 Å². The van der Waals surface area contributed by atoms with Crippen LogP contribution in [0.3, 0.4) is 0 Å². The third-order valence-corrected chi connectivity index (χ3v) is 7.90. The van der Waals surface area contributed by atoms with Crippen LogP contribution in [0.1, 0.15) is 43.7 Å². The Balaban J connectivity index is 1.50. The molecule has 3 fully saturated rings. The van der Waals surface area contributed by atoms with Gasteiger partial charge in [0.15, 0.2) is 5.66 Å². The molecule has 234 valence electrons. The SMILES string of the molecule is C[C@H](Nc1nccc(N2C(=O)OC[C@@H]2[C@@H](C)O)n1)C1(c2ccc(C3NC([C@@H](C)O)CO3)c(C(F)(F)F)c2Cl)NOC(=O)N1. The van der Waals surface area contributed by atoms with Crippen LogP contribution in [0.15, 0.2) is 24.4 Å². The third kappa shape index (κ3) is 5.75. The summed E-state index contributed by atoms with van der Waals surface area (Å²) in [6.07, 6.45) is -8.37. The quantitative estimate of drug-likeness (QED) is 0.250. The number of hydrogen-bond donors (Lipinski definition) is 6. The Morgan fingerprint density at radius 2 is 1.91 bits per heavy atom. The molecule has 7 atom stereocenters. The number of benzene rings is 1. The molecule has 5 rings (SSSR count). The van der Waals surface area contributed by atoms with E-state index in [1.54, 1.807) is 0 Å². The number of carbonyl (C=O) groups is 2. The number of amides is 2. The maximum Gasteiger partial charge on any atom is 0.428 e. The summed E-state index contributed by atoms with van der Waals surface area (Å²) in [6.45, 7) is 4.39. The lowest BCUT2D eigenvalue weighted by molar-refractivity contribution is -0.139. The van der Waals surface area contributed by atoms with Gasteiger partial charge in [-0.1, -0.05) is 23.7 Å². The van der Waals surface area contributed by atoms with Crippen molar-refractivity contribution in [3.05, 3.63) is 46.1 Å². The molecule has 0 aliphatic carbocycles. The summed E-state index contributed by atoms with van der Waals surface area (Å²) in [5, 5.41) is 27.4. The van der Waals surface area contributed by atoms with E-state index < -0.39 is 71.2 Å². The van der Waals surface area contributed by atoms with Crippen molar-refractivity contribution < 1.29 is 47.3 Å². The number of cyclic esters (lactones) is 1. The standard InChI is InChI=1S/C25H29ClF3N7O7/c1-10(37)15-8-41-20(32-15)13-4-5-14(19(26)18(13)25(27,28)29)24(34-22(39)43-35-24)12(3)31-21-30-7-6-17(33-21)36-16(11(2)38)9-42-23(36)40/h4-7,10-12,15-16,20,32,35,37-38H,8-9H2,1-3H3,(H,34,39)(H,30,31,33)/t10-,11-,12+,15?,16-,20?,24?/m1/s1. The number of aromatic nitrogens is 2. The fraction of sp³-hybridized carbons (Fsp3) is 0.520. The zero-order valence-electron chi connectivity index (χ0n) is 23.0. The molecular formula is C25H29ClF3N7O7. The second kappa shape index (κ2) is 11.5. The number of nitrogens with one attached hydrogen (secondary N) is 4. The van der Waals surface area contributed by atoms with E-state index in [9.17, 15) is 33.0 Å². The molecule has 3 unspecified atom stereocenters. The molecule has 3 aliphatic heterocycles. The highest BCUT2D eigenvalue weighted by atomic mass is 35.5. The molecule has 0 bridgehead atoms. The van der Waals surface area contributed by atoms with E-state index in [-0.39, 0.29) is 36.1 Å². The molecule has 0 spiro atoms. The van der Waals surface area contributed by atoms with Gasteiger partial charge in [0, 0.05) is 17.3 Å². The van der Waals surface area contributed by atoms with Gasteiger partial charge in [-0.3, -0.25) is 15.5 Å². The minimum Gasteiger partial charge on any atom is -0.447 e. The lowest BCUT2D eigenvalue weighted by Gasteiger charge is -2.35. The van der Waals surface area contributed by atoms with Crippen molar-refractivity contribution in [3.8, 4) is 0 Å². The fourth-order valence-electron chi connectivity index (χ4n) is 5.15. The molecule has 1 aromatic heterocycles. The largest absolute Gasteiger partial charge is 0.447 e. The van der Waals surface area contributed by atoms with Gasteiger partial charge < -0.3 is 29.8 Å². The number of alkyl halides is 3. The predicted octanol–water partition coefficient (Wildman–Crippen LogP) is 2.12. The van der Waals surface area contributed by atoms with Crippen molar-refractivity contribution in [1.82, 2.24) is 26.1 Å². The van der Waals surface area contributed by atoms with Crippen LogP contribution in [0.25, 0.3) is 0 Å². The first-order valence-corrected chi connectivity index (χ1v) is 13.6. The van der Waals surface area contributed by atoms with E-state index >= 15 is 0 Å². The second-order valence-corrected chi connectivity index (χ2v) is 10.8. The Morgan fingerprint density at radius 3 is 2.51 bits per heavy atom. The number of anilines is 2. The molecule has 2 amide bonds. The molecule has 1 aromatic carbocycles. The van der Waals surface area contributed by atoms with Gasteiger partial charge in [0.25, 0.3) is 0 Å². The van der Waals surface area contributed by atoms with Crippen LogP contribution in [0.2, 0.25) is 5.02 Å². The first-order valence-electron chi connectivity index (χ1n) is 13.2. The first-order chi connectivity index (χ1) is 20.2. The van der Waals surface area contributed by atoms with Gasteiger partial charge in [0.1, 0.15) is 24.7 Å². The van der Waals surface area contributed by atoms with Gasteiger partial charge in [-0.05, 0) is 26.8 Å². The highest BCUT2D eigenvalue weighted by molar-refractivity contribution is 6.32. The van der Waals surface area contributed by atoms with Crippen molar-refractivity contribution >= 4 is 35.6 Å². The smallest absolute Gasteiger partial charge is 0.428 e. The number of nitrogens with zero attached hydrogens (tertiary/aromatic N) is 3. The van der Waals surface area contributed by atoms with Gasteiger partial charge in [-0.15, -0.1) is 5.48 Å². The number of hydrogen-bond acceptors (Lipinski definition) is 12. The Kier molecular flexibility index (Phi) is 8.32. The third-order valence-electron chi connectivity index (χ3n) is 7.50.